The fraction of sp³-hybridized carbons (Fsp3) is 0.167. The summed E-state index contributed by atoms with van der Waals surface area (Å²) in [6.07, 6.45) is 3.67. The maximum Gasteiger partial charge on any atom is 0.307 e. The highest BCUT2D eigenvalue weighted by atomic mass is 16.4. The van der Waals surface area contributed by atoms with E-state index in [0.29, 0.717) is 0 Å². The minimum Gasteiger partial charge on any atom is -0.481 e. The van der Waals surface area contributed by atoms with E-state index in [2.05, 4.69) is 0 Å². The smallest absolute Gasteiger partial charge is 0.307 e. The van der Waals surface area contributed by atoms with Crippen molar-refractivity contribution in [1.82, 2.24) is 0 Å². The number of hydrogen-bond acceptors (Lipinski definition) is 2. The van der Waals surface area contributed by atoms with Gasteiger partial charge in [-0.2, -0.15) is 0 Å². The summed E-state index contributed by atoms with van der Waals surface area (Å²) in [6, 6.07) is 7.10. The number of benzene rings is 1. The van der Waals surface area contributed by atoms with Gasteiger partial charge < -0.3 is 10.8 Å². The van der Waals surface area contributed by atoms with E-state index in [1.165, 1.54) is 0 Å². The highest BCUT2D eigenvalue weighted by molar-refractivity contribution is 5.76. The van der Waals surface area contributed by atoms with Crippen LogP contribution in [0.2, 0.25) is 0 Å². The van der Waals surface area contributed by atoms with Gasteiger partial charge in [0.25, 0.3) is 0 Å². The SMILES string of the molecule is NC(=O)CC=Cc1ccc(CC(=O)O)cc1. The molecule has 4 nitrogen and oxygen atoms in total. The Labute approximate surface area is 93.4 Å². The summed E-state index contributed by atoms with van der Waals surface area (Å²) < 4.78 is 0. The highest BCUT2D eigenvalue weighted by Gasteiger charge is 1.98. The predicted octanol–water partition coefficient (Wildman–Crippen LogP) is 1.20. The number of primary amides is 1. The molecule has 0 heterocycles. The first kappa shape index (κ1) is 12.0. The molecule has 3 N–H and O–H groups in total. The zero-order valence-corrected chi connectivity index (χ0v) is 8.72. The molecule has 1 aromatic rings. The van der Waals surface area contributed by atoms with Crippen molar-refractivity contribution in [2.24, 2.45) is 5.73 Å². The second-order valence-corrected chi connectivity index (χ2v) is 3.38. The Morgan fingerprint density at radius 3 is 2.38 bits per heavy atom. The Morgan fingerprint density at radius 2 is 1.88 bits per heavy atom. The van der Waals surface area contributed by atoms with Crippen molar-refractivity contribution in [2.75, 3.05) is 0 Å². The lowest BCUT2D eigenvalue weighted by Crippen LogP contribution is -2.07. The lowest BCUT2D eigenvalue weighted by atomic mass is 10.1. The average molecular weight is 219 g/mol. The topological polar surface area (TPSA) is 80.4 Å². The zero-order valence-electron chi connectivity index (χ0n) is 8.72. The molecule has 1 amide bonds. The molecule has 0 aliphatic heterocycles. The lowest BCUT2D eigenvalue weighted by molar-refractivity contribution is -0.136. The molecule has 0 spiro atoms. The number of nitrogens with two attached hydrogens (primary N) is 1. The van der Waals surface area contributed by atoms with Crippen LogP contribution in [0.4, 0.5) is 0 Å². The summed E-state index contributed by atoms with van der Waals surface area (Å²) in [5, 5.41) is 8.57. The molecule has 0 saturated heterocycles. The van der Waals surface area contributed by atoms with Crippen molar-refractivity contribution in [3.05, 3.63) is 41.5 Å². The molecule has 16 heavy (non-hydrogen) atoms. The molecule has 0 radical (unpaired) electrons. The van der Waals surface area contributed by atoms with Crippen LogP contribution in [0.5, 0.6) is 0 Å². The third-order valence-corrected chi connectivity index (χ3v) is 1.96. The number of hydrogen-bond donors (Lipinski definition) is 2. The lowest BCUT2D eigenvalue weighted by Gasteiger charge is -1.97. The van der Waals surface area contributed by atoms with Crippen LogP contribution in [0.15, 0.2) is 30.3 Å². The summed E-state index contributed by atoms with van der Waals surface area (Å²) in [5.74, 6) is -1.23. The van der Waals surface area contributed by atoms with Gasteiger partial charge in [0.15, 0.2) is 0 Å². The highest BCUT2D eigenvalue weighted by Crippen LogP contribution is 2.07. The van der Waals surface area contributed by atoms with E-state index in [9.17, 15) is 9.59 Å². The van der Waals surface area contributed by atoms with E-state index in [1.807, 2.05) is 0 Å². The maximum atomic E-state index is 10.5. The Kier molecular flexibility index (Phi) is 4.27. The zero-order chi connectivity index (χ0) is 12.0. The molecule has 84 valence electrons. The van der Waals surface area contributed by atoms with Gasteiger partial charge in [-0.1, -0.05) is 36.4 Å². The summed E-state index contributed by atoms with van der Waals surface area (Å²) in [4.78, 5) is 20.9. The van der Waals surface area contributed by atoms with Gasteiger partial charge in [-0.25, -0.2) is 0 Å². The third-order valence-electron chi connectivity index (χ3n) is 1.96. The van der Waals surface area contributed by atoms with Gasteiger partial charge in [-0.05, 0) is 11.1 Å². The molecule has 0 fully saturated rings. The van der Waals surface area contributed by atoms with Crippen LogP contribution in [-0.4, -0.2) is 17.0 Å². The number of carboxylic acid groups (broad SMARTS) is 1. The molecule has 0 aliphatic carbocycles. The molecule has 0 aliphatic rings. The van der Waals surface area contributed by atoms with E-state index in [0.717, 1.165) is 11.1 Å². The van der Waals surface area contributed by atoms with Crippen molar-refractivity contribution in [2.45, 2.75) is 12.8 Å². The maximum absolute atomic E-state index is 10.5. The Morgan fingerprint density at radius 1 is 1.25 bits per heavy atom. The number of rotatable bonds is 5. The molecule has 0 atom stereocenters. The van der Waals surface area contributed by atoms with E-state index >= 15 is 0 Å². The minimum absolute atomic E-state index is 0.0191. The molecule has 0 aromatic heterocycles. The van der Waals surface area contributed by atoms with Crippen LogP contribution in [0.1, 0.15) is 17.5 Å². The van der Waals surface area contributed by atoms with Crippen molar-refractivity contribution in [3.63, 3.8) is 0 Å². The van der Waals surface area contributed by atoms with Gasteiger partial charge >= 0.3 is 5.97 Å². The summed E-state index contributed by atoms with van der Waals surface area (Å²) in [5.41, 5.74) is 6.64. The molecule has 0 unspecified atom stereocenters. The van der Waals surface area contributed by atoms with Crippen LogP contribution in [0, 0.1) is 0 Å². The fourth-order valence-electron chi connectivity index (χ4n) is 1.23. The van der Waals surface area contributed by atoms with Crippen LogP contribution in [0.3, 0.4) is 0 Å². The van der Waals surface area contributed by atoms with Gasteiger partial charge in [0, 0.05) is 6.42 Å². The molecular formula is C12H13NO3. The molecular weight excluding hydrogens is 206 g/mol. The largest absolute Gasteiger partial charge is 0.481 e. The number of carbonyl (C=O) groups is 2. The molecule has 1 rings (SSSR count). The van der Waals surface area contributed by atoms with Crippen LogP contribution in [-0.2, 0) is 16.0 Å². The van der Waals surface area contributed by atoms with Crippen molar-refractivity contribution < 1.29 is 14.7 Å². The van der Waals surface area contributed by atoms with E-state index < -0.39 is 5.97 Å². The standard InChI is InChI=1S/C12H13NO3/c13-11(14)3-1-2-9-4-6-10(7-5-9)8-12(15)16/h1-2,4-7H,3,8H2,(H2,13,14)(H,15,16). The molecule has 0 saturated carbocycles. The predicted molar refractivity (Wildman–Crippen MR) is 60.6 cm³/mol. The molecule has 1 aromatic carbocycles. The Balaban J connectivity index is 2.60. The van der Waals surface area contributed by atoms with Crippen LogP contribution < -0.4 is 5.73 Å². The first-order valence-electron chi connectivity index (χ1n) is 4.83. The second-order valence-electron chi connectivity index (χ2n) is 3.38. The van der Waals surface area contributed by atoms with Gasteiger partial charge in [-0.3, -0.25) is 9.59 Å². The first-order chi connectivity index (χ1) is 7.58. The summed E-state index contributed by atoms with van der Waals surface area (Å²) in [6.45, 7) is 0. The van der Waals surface area contributed by atoms with E-state index in [-0.39, 0.29) is 18.7 Å². The summed E-state index contributed by atoms with van der Waals surface area (Å²) in [7, 11) is 0. The average Bonchev–Trinajstić information content (AvgIpc) is 2.19. The van der Waals surface area contributed by atoms with Crippen molar-refractivity contribution in [3.8, 4) is 0 Å². The second kappa shape index (κ2) is 5.70. The van der Waals surface area contributed by atoms with Gasteiger partial charge in [0.05, 0.1) is 6.42 Å². The van der Waals surface area contributed by atoms with Crippen molar-refractivity contribution >= 4 is 18.0 Å². The van der Waals surface area contributed by atoms with Crippen LogP contribution >= 0.6 is 0 Å². The minimum atomic E-state index is -0.850. The number of carbonyl (C=O) groups excluding carboxylic acids is 1. The quantitative estimate of drug-likeness (QED) is 0.780. The number of amides is 1. The van der Waals surface area contributed by atoms with Gasteiger partial charge in [-0.15, -0.1) is 0 Å². The number of aliphatic carboxylic acids is 1. The molecule has 4 heteroatoms. The normalized spacial score (nSPS) is 10.5. The van der Waals surface area contributed by atoms with E-state index in [4.69, 9.17) is 10.8 Å². The van der Waals surface area contributed by atoms with Crippen LogP contribution in [0.25, 0.3) is 6.08 Å². The van der Waals surface area contributed by atoms with Crippen molar-refractivity contribution in [1.29, 1.82) is 0 Å². The Hall–Kier alpha value is -2.10. The van der Waals surface area contributed by atoms with Gasteiger partial charge in [0.2, 0.25) is 5.91 Å². The number of carboxylic acids is 1. The molecule has 0 bridgehead atoms. The fourth-order valence-corrected chi connectivity index (χ4v) is 1.23. The van der Waals surface area contributed by atoms with E-state index in [1.54, 1.807) is 36.4 Å². The third kappa shape index (κ3) is 4.41. The first-order valence-corrected chi connectivity index (χ1v) is 4.83. The monoisotopic (exact) mass is 219 g/mol. The summed E-state index contributed by atoms with van der Waals surface area (Å²) >= 11 is 0. The van der Waals surface area contributed by atoms with Gasteiger partial charge in [0.1, 0.15) is 0 Å². The Bertz CT molecular complexity index is 407.